The summed E-state index contributed by atoms with van der Waals surface area (Å²) in [4.78, 5) is 28.1. The lowest BCUT2D eigenvalue weighted by Gasteiger charge is -2.32. The minimum Gasteiger partial charge on any atom is -0.354 e. The topological polar surface area (TPSA) is 86.8 Å². The number of sulfonamides is 1. The molecule has 3 rings (SSSR count). The van der Waals surface area contributed by atoms with Crippen LogP contribution in [0.3, 0.4) is 0 Å². The van der Waals surface area contributed by atoms with Crippen LogP contribution in [0.15, 0.2) is 71.6 Å². The fourth-order valence-corrected chi connectivity index (χ4v) is 5.86. The standard InChI is InChI=1S/C28H30Cl3N3O4S/c1-4-16-32-28(36)20(3)33(17-24-25(30)6-5-7-26(24)31)27(35)18-34(22-12-10-21(29)11-13-22)39(37,38)23-14-8-19(2)9-15-23/h5-15,20H,4,16-18H2,1-3H3,(H,32,36). The van der Waals surface area contributed by atoms with Crippen molar-refractivity contribution in [3.05, 3.63) is 92.9 Å². The smallest absolute Gasteiger partial charge is 0.264 e. The molecule has 3 aromatic carbocycles. The van der Waals surface area contributed by atoms with Gasteiger partial charge in [0.25, 0.3) is 10.0 Å². The van der Waals surface area contributed by atoms with Gasteiger partial charge in [0.05, 0.1) is 10.6 Å². The third-order valence-corrected chi connectivity index (χ3v) is 8.86. The molecule has 7 nitrogen and oxygen atoms in total. The highest BCUT2D eigenvalue weighted by molar-refractivity contribution is 7.92. The second-order valence-electron chi connectivity index (χ2n) is 8.99. The van der Waals surface area contributed by atoms with Gasteiger partial charge in [0.1, 0.15) is 12.6 Å². The first-order chi connectivity index (χ1) is 18.4. The van der Waals surface area contributed by atoms with Crippen LogP contribution in [0, 0.1) is 6.92 Å². The number of hydrogen-bond donors (Lipinski definition) is 1. The van der Waals surface area contributed by atoms with Crippen molar-refractivity contribution in [1.29, 1.82) is 0 Å². The molecule has 0 saturated carbocycles. The maximum Gasteiger partial charge on any atom is 0.264 e. The van der Waals surface area contributed by atoms with Crippen molar-refractivity contribution >= 4 is 62.3 Å². The molecule has 39 heavy (non-hydrogen) atoms. The minimum atomic E-state index is -4.17. The molecule has 0 saturated heterocycles. The van der Waals surface area contributed by atoms with Gasteiger partial charge in [0, 0.05) is 33.7 Å². The maximum absolute atomic E-state index is 13.9. The van der Waals surface area contributed by atoms with Crippen LogP contribution < -0.4 is 9.62 Å². The van der Waals surface area contributed by atoms with Gasteiger partial charge in [-0.15, -0.1) is 0 Å². The molecule has 0 spiro atoms. The molecule has 1 N–H and O–H groups in total. The summed E-state index contributed by atoms with van der Waals surface area (Å²) in [7, 11) is -4.17. The van der Waals surface area contributed by atoms with Crippen molar-refractivity contribution in [3.63, 3.8) is 0 Å². The number of amides is 2. The second kappa shape index (κ2) is 13.5. The first-order valence-corrected chi connectivity index (χ1v) is 14.9. The van der Waals surface area contributed by atoms with Gasteiger partial charge in [-0.1, -0.05) is 65.5 Å². The van der Waals surface area contributed by atoms with Gasteiger partial charge < -0.3 is 10.2 Å². The Morgan fingerprint density at radius 2 is 1.51 bits per heavy atom. The number of carbonyl (C=O) groups excluding carboxylic acids is 2. The van der Waals surface area contributed by atoms with Crippen molar-refractivity contribution in [2.75, 3.05) is 17.4 Å². The molecular weight excluding hydrogens is 581 g/mol. The zero-order chi connectivity index (χ0) is 28.7. The third kappa shape index (κ3) is 7.66. The Labute approximate surface area is 244 Å². The number of halogens is 3. The van der Waals surface area contributed by atoms with Gasteiger partial charge in [0.15, 0.2) is 0 Å². The number of benzene rings is 3. The summed E-state index contributed by atoms with van der Waals surface area (Å²) < 4.78 is 28.6. The summed E-state index contributed by atoms with van der Waals surface area (Å²) in [6.45, 7) is 5.09. The molecule has 0 radical (unpaired) electrons. The first-order valence-electron chi connectivity index (χ1n) is 12.3. The van der Waals surface area contributed by atoms with Gasteiger partial charge in [-0.3, -0.25) is 13.9 Å². The Hall–Kier alpha value is -2.78. The quantitative estimate of drug-likeness (QED) is 0.285. The predicted molar refractivity (Wildman–Crippen MR) is 157 cm³/mol. The molecule has 3 aromatic rings. The largest absolute Gasteiger partial charge is 0.354 e. The number of hydrogen-bond acceptors (Lipinski definition) is 4. The fraction of sp³-hybridized carbons (Fsp3) is 0.286. The molecule has 0 aromatic heterocycles. The van der Waals surface area contributed by atoms with Crippen molar-refractivity contribution in [2.45, 2.75) is 44.7 Å². The normalized spacial score (nSPS) is 12.1. The van der Waals surface area contributed by atoms with E-state index in [1.807, 2.05) is 13.8 Å². The number of rotatable bonds is 11. The van der Waals surface area contributed by atoms with Crippen molar-refractivity contribution in [1.82, 2.24) is 10.2 Å². The Morgan fingerprint density at radius 1 is 0.923 bits per heavy atom. The van der Waals surface area contributed by atoms with Crippen LogP contribution in [0.25, 0.3) is 0 Å². The molecule has 0 aliphatic carbocycles. The number of nitrogens with one attached hydrogen (secondary N) is 1. The van der Waals surface area contributed by atoms with Crippen LogP contribution >= 0.6 is 34.8 Å². The van der Waals surface area contributed by atoms with E-state index in [9.17, 15) is 18.0 Å². The Kier molecular flexibility index (Phi) is 10.7. The molecule has 1 unspecified atom stereocenters. The van der Waals surface area contributed by atoms with Crippen LogP contribution in [0.1, 0.15) is 31.4 Å². The number of anilines is 1. The van der Waals surface area contributed by atoms with Crippen LogP contribution in [0.2, 0.25) is 15.1 Å². The van der Waals surface area contributed by atoms with E-state index in [4.69, 9.17) is 34.8 Å². The average molecular weight is 611 g/mol. The lowest BCUT2D eigenvalue weighted by atomic mass is 10.1. The molecule has 208 valence electrons. The average Bonchev–Trinajstić information content (AvgIpc) is 2.90. The van der Waals surface area contributed by atoms with Gasteiger partial charge in [-0.2, -0.15) is 0 Å². The molecule has 0 fully saturated rings. The van der Waals surface area contributed by atoms with Gasteiger partial charge in [-0.05, 0) is 68.8 Å². The van der Waals surface area contributed by atoms with E-state index >= 15 is 0 Å². The molecule has 0 aliphatic rings. The zero-order valence-corrected chi connectivity index (χ0v) is 24.9. The van der Waals surface area contributed by atoms with E-state index in [-0.39, 0.29) is 23.0 Å². The lowest BCUT2D eigenvalue weighted by molar-refractivity contribution is -0.139. The van der Waals surface area contributed by atoms with Crippen molar-refractivity contribution in [2.24, 2.45) is 0 Å². The SMILES string of the molecule is CCCNC(=O)C(C)N(Cc1c(Cl)cccc1Cl)C(=O)CN(c1ccc(Cl)cc1)S(=O)(=O)c1ccc(C)cc1. The predicted octanol–water partition coefficient (Wildman–Crippen LogP) is 6.09. The Bertz CT molecular complexity index is 1390. The van der Waals surface area contributed by atoms with E-state index < -0.39 is 28.5 Å². The number of aryl methyl sites for hydroxylation is 1. The molecule has 11 heteroatoms. The molecule has 0 aliphatic heterocycles. The van der Waals surface area contributed by atoms with Gasteiger partial charge in [-0.25, -0.2) is 8.42 Å². The lowest BCUT2D eigenvalue weighted by Crippen LogP contribution is -2.51. The zero-order valence-electron chi connectivity index (χ0n) is 21.8. The van der Waals surface area contributed by atoms with Crippen LogP contribution in [0.4, 0.5) is 5.69 Å². The highest BCUT2D eigenvalue weighted by Gasteiger charge is 2.33. The summed E-state index contributed by atoms with van der Waals surface area (Å²) >= 11 is 18.8. The van der Waals surface area contributed by atoms with Crippen LogP contribution in [0.5, 0.6) is 0 Å². The monoisotopic (exact) mass is 609 g/mol. The summed E-state index contributed by atoms with van der Waals surface area (Å²) in [5.74, 6) is -0.997. The molecule has 2 amide bonds. The van der Waals surface area contributed by atoms with Crippen molar-refractivity contribution in [3.8, 4) is 0 Å². The summed E-state index contributed by atoms with van der Waals surface area (Å²) in [5, 5.41) is 3.85. The van der Waals surface area contributed by atoms with E-state index in [1.54, 1.807) is 49.4 Å². The summed E-state index contributed by atoms with van der Waals surface area (Å²) in [6, 6.07) is 16.5. The van der Waals surface area contributed by atoms with Crippen LogP contribution in [-0.2, 0) is 26.2 Å². The molecule has 0 heterocycles. The number of carbonyl (C=O) groups is 2. The van der Waals surface area contributed by atoms with E-state index in [2.05, 4.69) is 5.32 Å². The molecule has 1 atom stereocenters. The summed E-state index contributed by atoms with van der Waals surface area (Å²) in [5.41, 5.74) is 1.58. The van der Waals surface area contributed by atoms with Crippen molar-refractivity contribution < 1.29 is 18.0 Å². The molecular formula is C28H30Cl3N3O4S. The Balaban J connectivity index is 2.05. The highest BCUT2D eigenvalue weighted by atomic mass is 35.5. The number of nitrogens with zero attached hydrogens (tertiary/aromatic N) is 2. The maximum atomic E-state index is 13.9. The third-order valence-electron chi connectivity index (χ3n) is 6.11. The van der Waals surface area contributed by atoms with E-state index in [0.29, 0.717) is 33.6 Å². The van der Waals surface area contributed by atoms with E-state index in [0.717, 1.165) is 9.87 Å². The fourth-order valence-electron chi connectivity index (χ4n) is 3.81. The highest BCUT2D eigenvalue weighted by Crippen LogP contribution is 2.29. The second-order valence-corrected chi connectivity index (χ2v) is 12.1. The van der Waals surface area contributed by atoms with Crippen LogP contribution in [-0.4, -0.2) is 44.3 Å². The summed E-state index contributed by atoms with van der Waals surface area (Å²) in [6.07, 6.45) is 0.710. The van der Waals surface area contributed by atoms with Gasteiger partial charge in [0.2, 0.25) is 11.8 Å². The van der Waals surface area contributed by atoms with E-state index in [1.165, 1.54) is 29.2 Å². The van der Waals surface area contributed by atoms with Gasteiger partial charge >= 0.3 is 0 Å². The molecule has 0 bridgehead atoms. The Morgan fingerprint density at radius 3 is 2.08 bits per heavy atom. The first kappa shape index (κ1) is 30.8. The minimum absolute atomic E-state index is 0.0188.